The van der Waals surface area contributed by atoms with Crippen LogP contribution in [0.15, 0.2) is 66.7 Å². The van der Waals surface area contributed by atoms with Crippen molar-refractivity contribution in [1.29, 1.82) is 0 Å². The number of benzene rings is 3. The zero-order chi connectivity index (χ0) is 17.6. The number of para-hydroxylation sites is 1. The molecule has 0 aliphatic heterocycles. The summed E-state index contributed by atoms with van der Waals surface area (Å²) in [5.41, 5.74) is 1.14. The number of anilines is 1. The topological polar surface area (TPSA) is 58.2 Å². The Kier molecular flexibility index (Phi) is 5.31. The number of hydrogen-bond donors (Lipinski definition) is 2. The average Bonchev–Trinajstić information content (AvgIpc) is 2.63. The summed E-state index contributed by atoms with van der Waals surface area (Å²) >= 11 is 6.00. The fourth-order valence-corrected chi connectivity index (χ4v) is 2.68. The van der Waals surface area contributed by atoms with Gasteiger partial charge in [0.05, 0.1) is 10.7 Å². The molecule has 2 N–H and O–H groups in total. The van der Waals surface area contributed by atoms with Crippen molar-refractivity contribution in [1.82, 2.24) is 5.32 Å². The maximum atomic E-state index is 12.2. The number of fused-ring (bicyclic) bond motifs is 1. The molecule has 0 aliphatic carbocycles. The van der Waals surface area contributed by atoms with Gasteiger partial charge in [0.15, 0.2) is 0 Å². The third-order valence-electron chi connectivity index (χ3n) is 3.80. The Labute approximate surface area is 150 Å². The highest BCUT2D eigenvalue weighted by Gasteiger charge is 2.08. The van der Waals surface area contributed by atoms with Crippen LogP contribution in [-0.2, 0) is 4.79 Å². The van der Waals surface area contributed by atoms with Crippen LogP contribution in [0.5, 0.6) is 0 Å². The Bertz CT molecular complexity index is 924. The minimum atomic E-state index is -0.202. The van der Waals surface area contributed by atoms with Crippen LogP contribution < -0.4 is 10.6 Å². The molecule has 25 heavy (non-hydrogen) atoms. The van der Waals surface area contributed by atoms with Crippen LogP contribution >= 0.6 is 11.6 Å². The Hall–Kier alpha value is -2.85. The molecule has 0 aliphatic rings. The van der Waals surface area contributed by atoms with Crippen molar-refractivity contribution in [3.63, 3.8) is 0 Å². The second-order valence-corrected chi connectivity index (χ2v) is 6.00. The normalized spacial score (nSPS) is 10.4. The Morgan fingerprint density at radius 1 is 0.880 bits per heavy atom. The van der Waals surface area contributed by atoms with Gasteiger partial charge in [-0.05, 0) is 35.0 Å². The van der Waals surface area contributed by atoms with Gasteiger partial charge in [0.2, 0.25) is 5.91 Å². The third kappa shape index (κ3) is 4.37. The first-order chi connectivity index (χ1) is 12.1. The van der Waals surface area contributed by atoms with E-state index >= 15 is 0 Å². The van der Waals surface area contributed by atoms with Crippen LogP contribution in [0.4, 0.5) is 5.69 Å². The second kappa shape index (κ2) is 7.81. The molecule has 0 saturated carbocycles. The maximum Gasteiger partial charge on any atom is 0.251 e. The van der Waals surface area contributed by atoms with E-state index in [4.69, 9.17) is 11.6 Å². The molecule has 126 valence electrons. The van der Waals surface area contributed by atoms with Gasteiger partial charge in [-0.1, -0.05) is 54.1 Å². The van der Waals surface area contributed by atoms with Gasteiger partial charge in [-0.15, -0.1) is 0 Å². The van der Waals surface area contributed by atoms with Gasteiger partial charge in [0.25, 0.3) is 5.91 Å². The Morgan fingerprint density at radius 3 is 2.40 bits per heavy atom. The monoisotopic (exact) mass is 352 g/mol. The summed E-state index contributed by atoms with van der Waals surface area (Å²) in [6, 6.07) is 20.4. The molecule has 0 bridgehead atoms. The lowest BCUT2D eigenvalue weighted by molar-refractivity contribution is -0.116. The molecular formula is C20H17ClN2O2. The van der Waals surface area contributed by atoms with Crippen LogP contribution in [0.25, 0.3) is 10.8 Å². The summed E-state index contributed by atoms with van der Waals surface area (Å²) in [5, 5.41) is 8.06. The van der Waals surface area contributed by atoms with E-state index in [9.17, 15) is 9.59 Å². The molecule has 0 unspecified atom stereocenters. The summed E-state index contributed by atoms with van der Waals surface area (Å²) in [6.45, 7) is 0.252. The molecule has 4 nitrogen and oxygen atoms in total. The molecule has 0 saturated heterocycles. The molecule has 0 heterocycles. The van der Waals surface area contributed by atoms with E-state index in [0.717, 1.165) is 10.8 Å². The van der Waals surface area contributed by atoms with Crippen molar-refractivity contribution < 1.29 is 9.59 Å². The Balaban J connectivity index is 1.53. The molecule has 3 aromatic rings. The van der Waals surface area contributed by atoms with E-state index in [1.165, 1.54) is 0 Å². The lowest BCUT2D eigenvalue weighted by atomic mass is 10.1. The molecule has 5 heteroatoms. The van der Waals surface area contributed by atoms with Crippen LogP contribution in [-0.4, -0.2) is 18.4 Å². The average molecular weight is 353 g/mol. The molecular weight excluding hydrogens is 336 g/mol. The number of halogens is 1. The van der Waals surface area contributed by atoms with E-state index in [0.29, 0.717) is 16.3 Å². The standard InChI is InChI=1S/C20H17ClN2O2/c21-17-7-3-4-8-18(17)23-19(24)11-12-22-20(25)16-10-9-14-5-1-2-6-15(14)13-16/h1-10,13H,11-12H2,(H,22,25)(H,23,24). The minimum absolute atomic E-state index is 0.171. The third-order valence-corrected chi connectivity index (χ3v) is 4.13. The summed E-state index contributed by atoms with van der Waals surface area (Å²) in [5.74, 6) is -0.400. The zero-order valence-electron chi connectivity index (χ0n) is 13.5. The van der Waals surface area contributed by atoms with Gasteiger partial charge in [-0.2, -0.15) is 0 Å². The molecule has 0 radical (unpaired) electrons. The second-order valence-electron chi connectivity index (χ2n) is 5.60. The number of hydrogen-bond acceptors (Lipinski definition) is 2. The van der Waals surface area contributed by atoms with Crippen molar-refractivity contribution in [3.8, 4) is 0 Å². The van der Waals surface area contributed by atoms with Gasteiger partial charge in [-0.3, -0.25) is 9.59 Å². The molecule has 0 fully saturated rings. The molecule has 0 aromatic heterocycles. The molecule has 3 aromatic carbocycles. The fraction of sp³-hybridized carbons (Fsp3) is 0.100. The van der Waals surface area contributed by atoms with Crippen molar-refractivity contribution in [3.05, 3.63) is 77.3 Å². The van der Waals surface area contributed by atoms with Crippen LogP contribution in [0.2, 0.25) is 5.02 Å². The van der Waals surface area contributed by atoms with E-state index in [-0.39, 0.29) is 24.8 Å². The van der Waals surface area contributed by atoms with Crippen molar-refractivity contribution in [2.45, 2.75) is 6.42 Å². The van der Waals surface area contributed by atoms with E-state index in [1.807, 2.05) is 36.4 Å². The number of nitrogens with one attached hydrogen (secondary N) is 2. The van der Waals surface area contributed by atoms with Crippen molar-refractivity contribution in [2.24, 2.45) is 0 Å². The fourth-order valence-electron chi connectivity index (χ4n) is 2.50. The number of carbonyl (C=O) groups excluding carboxylic acids is 2. The molecule has 3 rings (SSSR count). The van der Waals surface area contributed by atoms with Gasteiger partial charge < -0.3 is 10.6 Å². The first-order valence-electron chi connectivity index (χ1n) is 7.95. The predicted molar refractivity (Wildman–Crippen MR) is 101 cm³/mol. The Morgan fingerprint density at radius 2 is 1.60 bits per heavy atom. The van der Waals surface area contributed by atoms with Crippen molar-refractivity contribution >= 4 is 39.9 Å². The number of carbonyl (C=O) groups is 2. The van der Waals surface area contributed by atoms with Crippen LogP contribution in [0.3, 0.4) is 0 Å². The first-order valence-corrected chi connectivity index (χ1v) is 8.33. The highest BCUT2D eigenvalue weighted by atomic mass is 35.5. The van der Waals surface area contributed by atoms with Gasteiger partial charge >= 0.3 is 0 Å². The minimum Gasteiger partial charge on any atom is -0.352 e. The van der Waals surface area contributed by atoms with E-state index in [2.05, 4.69) is 10.6 Å². The van der Waals surface area contributed by atoms with Gasteiger partial charge in [-0.25, -0.2) is 0 Å². The van der Waals surface area contributed by atoms with Crippen molar-refractivity contribution in [2.75, 3.05) is 11.9 Å². The highest BCUT2D eigenvalue weighted by Crippen LogP contribution is 2.20. The largest absolute Gasteiger partial charge is 0.352 e. The molecule has 2 amide bonds. The van der Waals surface area contributed by atoms with Gasteiger partial charge in [0.1, 0.15) is 0 Å². The lowest BCUT2D eigenvalue weighted by Gasteiger charge is -2.08. The van der Waals surface area contributed by atoms with Gasteiger partial charge in [0, 0.05) is 18.5 Å². The summed E-state index contributed by atoms with van der Waals surface area (Å²) in [4.78, 5) is 24.2. The van der Waals surface area contributed by atoms with Crippen LogP contribution in [0, 0.1) is 0 Å². The van der Waals surface area contributed by atoms with E-state index in [1.54, 1.807) is 30.3 Å². The quantitative estimate of drug-likeness (QED) is 0.721. The molecule has 0 atom stereocenters. The lowest BCUT2D eigenvalue weighted by Crippen LogP contribution is -2.27. The first kappa shape index (κ1) is 17.0. The summed E-state index contributed by atoms with van der Waals surface area (Å²) in [7, 11) is 0. The zero-order valence-corrected chi connectivity index (χ0v) is 14.2. The number of rotatable bonds is 5. The number of amides is 2. The van der Waals surface area contributed by atoms with Crippen LogP contribution in [0.1, 0.15) is 16.8 Å². The summed E-state index contributed by atoms with van der Waals surface area (Å²) < 4.78 is 0. The molecule has 0 spiro atoms. The summed E-state index contributed by atoms with van der Waals surface area (Å²) in [6.07, 6.45) is 0.171. The smallest absolute Gasteiger partial charge is 0.251 e. The maximum absolute atomic E-state index is 12.2. The van der Waals surface area contributed by atoms with E-state index < -0.39 is 0 Å². The SMILES string of the molecule is O=C(CCNC(=O)c1ccc2ccccc2c1)Nc1ccccc1Cl. The highest BCUT2D eigenvalue weighted by molar-refractivity contribution is 6.33. The predicted octanol–water partition coefficient (Wildman–Crippen LogP) is 4.25.